The van der Waals surface area contributed by atoms with Gasteiger partial charge in [-0.15, -0.1) is 0 Å². The zero-order chi connectivity index (χ0) is 52.9. The van der Waals surface area contributed by atoms with Crippen molar-refractivity contribution in [1.82, 2.24) is 9.80 Å². The third-order valence-electron chi connectivity index (χ3n) is 13.9. The Balaban J connectivity index is 1.31. The summed E-state index contributed by atoms with van der Waals surface area (Å²) in [5.74, 6) is -6.50. The van der Waals surface area contributed by atoms with Crippen LogP contribution in [0.5, 0.6) is 0 Å². The van der Waals surface area contributed by atoms with E-state index >= 15 is 4.39 Å². The number of nitrogens with zero attached hydrogens (tertiary/aromatic N) is 5. The molecule has 0 spiro atoms. The van der Waals surface area contributed by atoms with Gasteiger partial charge in [-0.1, -0.05) is 39.8 Å². The van der Waals surface area contributed by atoms with Crippen molar-refractivity contribution in [2.75, 3.05) is 49.1 Å². The van der Waals surface area contributed by atoms with Gasteiger partial charge in [-0.05, 0) is 91.8 Å². The fourth-order valence-corrected chi connectivity index (χ4v) is 10.7. The van der Waals surface area contributed by atoms with Crippen LogP contribution < -0.4 is 15.5 Å². The fraction of sp³-hybridized carbons (Fsp3) is 0.510. The first-order valence-electron chi connectivity index (χ1n) is 23.7. The maximum Gasteiger partial charge on any atom is 0.306 e. The third kappa shape index (κ3) is 11.8. The summed E-state index contributed by atoms with van der Waals surface area (Å²) in [5.41, 5.74) is -0.565. The number of hydrogen-bond donors (Lipinski definition) is 2. The van der Waals surface area contributed by atoms with Crippen molar-refractivity contribution >= 4 is 73.8 Å². The number of methoxy groups -OCH3 is 2. The summed E-state index contributed by atoms with van der Waals surface area (Å²) in [6.45, 7) is 7.56. The van der Waals surface area contributed by atoms with E-state index in [0.717, 1.165) is 18.4 Å². The summed E-state index contributed by atoms with van der Waals surface area (Å²) in [6, 6.07) is 8.13. The minimum atomic E-state index is -4.02. The number of halogens is 1. The van der Waals surface area contributed by atoms with Gasteiger partial charge in [0.05, 0.1) is 60.8 Å². The summed E-state index contributed by atoms with van der Waals surface area (Å²) >= 11 is 0. The minimum Gasteiger partial charge on any atom is -0.469 e. The van der Waals surface area contributed by atoms with Crippen LogP contribution in [0.3, 0.4) is 0 Å². The Hall–Kier alpha value is -7.04. The molecule has 3 aliphatic rings. The molecule has 0 saturated carbocycles. The molecule has 21 nitrogen and oxygen atoms in total. The Morgan fingerprint density at radius 2 is 1.10 bits per heavy atom. The lowest BCUT2D eigenvalue weighted by molar-refractivity contribution is -0.384. The van der Waals surface area contributed by atoms with E-state index in [1.165, 1.54) is 66.5 Å². The predicted octanol–water partition coefficient (Wildman–Crippen LogP) is 6.66. The van der Waals surface area contributed by atoms with Crippen LogP contribution >= 0.6 is 0 Å². The number of nitro benzene ring substituents is 2. The molecule has 3 aliphatic heterocycles. The van der Waals surface area contributed by atoms with Gasteiger partial charge < -0.3 is 34.8 Å². The summed E-state index contributed by atoms with van der Waals surface area (Å²) in [4.78, 5) is 107. The van der Waals surface area contributed by atoms with Crippen molar-refractivity contribution in [3.63, 3.8) is 0 Å². The van der Waals surface area contributed by atoms with E-state index < -0.39 is 113 Å². The lowest BCUT2D eigenvalue weighted by Gasteiger charge is -2.33. The van der Waals surface area contributed by atoms with Crippen molar-refractivity contribution in [1.29, 1.82) is 0 Å². The highest BCUT2D eigenvalue weighted by molar-refractivity contribution is 7.90. The molecule has 6 rings (SSSR count). The van der Waals surface area contributed by atoms with Crippen molar-refractivity contribution in [2.24, 2.45) is 23.7 Å². The molecule has 0 aromatic heterocycles. The third-order valence-corrected chi connectivity index (χ3v) is 15.0. The van der Waals surface area contributed by atoms with Gasteiger partial charge in [0, 0.05) is 37.2 Å². The van der Waals surface area contributed by atoms with Gasteiger partial charge in [-0.3, -0.25) is 49.0 Å². The quantitative estimate of drug-likeness (QED) is 0.0766. The lowest BCUT2D eigenvalue weighted by Crippen LogP contribution is -2.47. The van der Waals surface area contributed by atoms with Gasteiger partial charge in [-0.25, -0.2) is 12.8 Å². The average Bonchev–Trinajstić information content (AvgIpc) is 4.13. The van der Waals surface area contributed by atoms with Crippen molar-refractivity contribution in [2.45, 2.75) is 108 Å². The van der Waals surface area contributed by atoms with Gasteiger partial charge in [0.2, 0.25) is 23.6 Å². The number of amides is 4. The van der Waals surface area contributed by atoms with Crippen LogP contribution in [0.1, 0.15) is 102 Å². The van der Waals surface area contributed by atoms with E-state index in [1.54, 1.807) is 32.6 Å². The van der Waals surface area contributed by atoms with E-state index in [4.69, 9.17) is 9.47 Å². The van der Waals surface area contributed by atoms with Crippen LogP contribution in [0.25, 0.3) is 0 Å². The Kier molecular flexibility index (Phi) is 17.0. The number of esters is 2. The number of nitrogens with one attached hydrogen (secondary N) is 2. The van der Waals surface area contributed by atoms with Crippen molar-refractivity contribution in [3.05, 3.63) is 91.8 Å². The summed E-state index contributed by atoms with van der Waals surface area (Å²) in [6.07, 6.45) is 2.43. The molecule has 72 heavy (non-hydrogen) atoms. The number of carbonyl (C=O) groups excluding carboxylic acids is 6. The van der Waals surface area contributed by atoms with Crippen molar-refractivity contribution in [3.8, 4) is 0 Å². The molecule has 2 N–H and O–H groups in total. The molecule has 3 fully saturated rings. The number of carbonyl (C=O) groups is 6. The topological polar surface area (TPSA) is 275 Å². The molecule has 4 amide bonds. The van der Waals surface area contributed by atoms with Gasteiger partial charge in [0.1, 0.15) is 34.2 Å². The first-order valence-corrected chi connectivity index (χ1v) is 25.6. The minimum absolute atomic E-state index is 0.142. The molecule has 0 radical (unpaired) electrons. The number of sulfone groups is 1. The molecule has 0 unspecified atom stereocenters. The first-order chi connectivity index (χ1) is 34.0. The van der Waals surface area contributed by atoms with E-state index in [0.29, 0.717) is 24.0 Å². The van der Waals surface area contributed by atoms with Crippen LogP contribution in [0, 0.1) is 49.7 Å². The lowest BCUT2D eigenvalue weighted by atomic mass is 9.90. The van der Waals surface area contributed by atoms with Crippen LogP contribution in [0.2, 0.25) is 0 Å². The largest absolute Gasteiger partial charge is 0.469 e. The van der Waals surface area contributed by atoms with E-state index in [-0.39, 0.29) is 80.5 Å². The number of benzene rings is 3. The molecule has 0 bridgehead atoms. The number of hydrogen-bond acceptors (Lipinski definition) is 15. The highest BCUT2D eigenvalue weighted by Gasteiger charge is 2.43. The highest BCUT2D eigenvalue weighted by Crippen LogP contribution is 2.49. The number of nitro groups is 2. The number of rotatable bonds is 18. The maximum atomic E-state index is 15.7. The maximum absolute atomic E-state index is 15.7. The molecule has 3 aromatic rings. The normalized spacial score (nSPS) is 19.8. The summed E-state index contributed by atoms with van der Waals surface area (Å²) in [5, 5.41) is 30.7. The molecule has 23 heteroatoms. The van der Waals surface area contributed by atoms with Gasteiger partial charge in [0.25, 0.3) is 11.4 Å². The molecule has 6 atom stereocenters. The molecule has 388 valence electrons. The van der Waals surface area contributed by atoms with Crippen LogP contribution in [0.15, 0.2) is 59.5 Å². The predicted molar refractivity (Wildman–Crippen MR) is 260 cm³/mol. The van der Waals surface area contributed by atoms with Crippen LogP contribution in [-0.2, 0) is 48.1 Å². The van der Waals surface area contributed by atoms with Gasteiger partial charge in [-0.2, -0.15) is 0 Å². The Bertz CT molecular complexity index is 2610. The monoisotopic (exact) mass is 1020 g/mol. The fourth-order valence-electron chi connectivity index (χ4n) is 10.0. The molecule has 3 saturated heterocycles. The Labute approximate surface area is 416 Å². The van der Waals surface area contributed by atoms with Crippen molar-refractivity contribution < 1.29 is 60.9 Å². The number of anilines is 3. The molecule has 0 aliphatic carbocycles. The summed E-state index contributed by atoms with van der Waals surface area (Å²) in [7, 11) is -1.59. The number of ether oxygens (including phenoxy) is 2. The SMILES string of the molecule is COC(=O)C[C@H](C(=O)N1CCC[C@H]1C(=O)Nc1ccc([C@H]2CC[C@H](c3ccc(NC(=O)[C@@H]4CCCN4C(=O)[C@@H](CC(=O)OC)C(C)C)c([N+](=O)[O-])c3)N2c2ccc(S(C)(=O)=O)c(F)c2)cc1[N+](=O)[O-])C(C)C. The first kappa shape index (κ1) is 54.3. The zero-order valence-corrected chi connectivity index (χ0v) is 41.9. The molecule has 3 heterocycles. The average molecular weight is 1020 g/mol. The van der Waals surface area contributed by atoms with Gasteiger partial charge >= 0.3 is 11.9 Å². The smallest absolute Gasteiger partial charge is 0.306 e. The highest BCUT2D eigenvalue weighted by atomic mass is 32.2. The second-order valence-corrected chi connectivity index (χ2v) is 21.1. The van der Waals surface area contributed by atoms with E-state index in [1.807, 2.05) is 0 Å². The van der Waals surface area contributed by atoms with Crippen LogP contribution in [-0.4, -0.2) is 109 Å². The van der Waals surface area contributed by atoms with Crippen LogP contribution in [0.4, 0.5) is 32.8 Å². The van der Waals surface area contributed by atoms with E-state index in [9.17, 15) is 57.4 Å². The zero-order valence-electron chi connectivity index (χ0n) is 41.1. The number of likely N-dealkylation sites (tertiary alicyclic amines) is 2. The Morgan fingerprint density at radius 1 is 0.681 bits per heavy atom. The molecular weight excluding hydrogens is 962 g/mol. The second-order valence-electron chi connectivity index (χ2n) is 19.1. The Morgan fingerprint density at radius 3 is 1.44 bits per heavy atom. The van der Waals surface area contributed by atoms with E-state index in [2.05, 4.69) is 10.6 Å². The standard InChI is InChI=1S/C49H60FN7O14S/c1-27(2)32(25-44(58)70-5)48(62)53-20-8-10-39(53)46(60)51-35-15-12-29(22-41(35)56(64)65)37-17-18-38(55(37)31-14-19-43(34(50)24-31)72(7,68)69)30-13-16-36(42(23-30)57(66)67)52-47(61)40-11-9-21-54(40)49(63)33(28(3)4)26-45(59)71-6/h12-16,19,22-24,27-28,32-33,37-40H,8-11,17-18,20-21,25-26H2,1-7H3,(H,51,60)(H,52,61)/t32-,33-,37+,38+,39-,40-/m0/s1. The second kappa shape index (κ2) is 22.6. The summed E-state index contributed by atoms with van der Waals surface area (Å²) < 4.78 is 50.2. The molecule has 3 aromatic carbocycles. The van der Waals surface area contributed by atoms with Gasteiger partial charge in [0.15, 0.2) is 9.84 Å². The molecular formula is C49H60FN7O14S.